The molecule has 0 aromatic heterocycles. The van der Waals surface area contributed by atoms with Gasteiger partial charge in [0.25, 0.3) is 0 Å². The molecule has 1 aromatic carbocycles. The highest BCUT2D eigenvalue weighted by atomic mass is 35.5. The number of halogens is 1. The monoisotopic (exact) mass is 303 g/mol. The largest absolute Gasteiger partial charge is 0.461 e. The molecule has 0 N–H and O–H groups in total. The minimum atomic E-state index is 0.572. The van der Waals surface area contributed by atoms with Gasteiger partial charge in [-0.1, -0.05) is 36.7 Å². The highest BCUT2D eigenvalue weighted by Gasteiger charge is 2.36. The molecular weight excluding hydrogens is 282 g/mol. The summed E-state index contributed by atoms with van der Waals surface area (Å²) in [6.07, 6.45) is 5.85. The lowest BCUT2D eigenvalue weighted by Gasteiger charge is -2.15. The van der Waals surface area contributed by atoms with Gasteiger partial charge in [0.05, 0.1) is 0 Å². The first-order chi connectivity index (χ1) is 10.2. The van der Waals surface area contributed by atoms with E-state index in [1.807, 2.05) is 18.2 Å². The molecule has 2 atom stereocenters. The van der Waals surface area contributed by atoms with Crippen molar-refractivity contribution in [2.45, 2.75) is 25.7 Å². The second-order valence-electron chi connectivity index (χ2n) is 6.03. The molecular formula is C18H22ClNO. The third-order valence-corrected chi connectivity index (χ3v) is 4.83. The van der Waals surface area contributed by atoms with Crippen LogP contribution in [0.1, 0.15) is 31.2 Å². The first-order valence-corrected chi connectivity index (χ1v) is 8.05. The van der Waals surface area contributed by atoms with Crippen LogP contribution in [0.5, 0.6) is 5.75 Å². The highest BCUT2D eigenvalue weighted by molar-refractivity contribution is 6.29. The van der Waals surface area contributed by atoms with E-state index < -0.39 is 0 Å². The van der Waals surface area contributed by atoms with E-state index in [0.29, 0.717) is 11.8 Å². The summed E-state index contributed by atoms with van der Waals surface area (Å²) >= 11 is 6.11. The minimum Gasteiger partial charge on any atom is -0.461 e. The summed E-state index contributed by atoms with van der Waals surface area (Å²) < 4.78 is 6.16. The van der Waals surface area contributed by atoms with Gasteiger partial charge in [-0.2, -0.15) is 0 Å². The fourth-order valence-electron chi connectivity index (χ4n) is 3.37. The molecule has 0 bridgehead atoms. The summed E-state index contributed by atoms with van der Waals surface area (Å²) in [6, 6.07) is 8.45. The van der Waals surface area contributed by atoms with E-state index in [0.717, 1.165) is 42.5 Å². The third kappa shape index (κ3) is 3.17. The Kier molecular flexibility index (Phi) is 4.37. The van der Waals surface area contributed by atoms with Gasteiger partial charge in [0.15, 0.2) is 0 Å². The van der Waals surface area contributed by atoms with Gasteiger partial charge in [0.2, 0.25) is 0 Å². The molecule has 3 rings (SSSR count). The van der Waals surface area contributed by atoms with Crippen LogP contribution in [0.25, 0.3) is 0 Å². The molecule has 2 nitrogen and oxygen atoms in total. The van der Waals surface area contributed by atoms with E-state index in [4.69, 9.17) is 16.3 Å². The number of nitrogens with zero attached hydrogens (tertiary/aromatic N) is 1. The molecule has 1 saturated heterocycles. The van der Waals surface area contributed by atoms with E-state index in [2.05, 4.69) is 37.1 Å². The maximum Gasteiger partial charge on any atom is 0.130 e. The van der Waals surface area contributed by atoms with Gasteiger partial charge in [-0.05, 0) is 43.2 Å². The minimum absolute atomic E-state index is 0.572. The van der Waals surface area contributed by atoms with Crippen LogP contribution >= 0.6 is 11.6 Å². The summed E-state index contributed by atoms with van der Waals surface area (Å²) in [4.78, 5) is 2.42. The second-order valence-corrected chi connectivity index (χ2v) is 6.52. The van der Waals surface area contributed by atoms with Crippen LogP contribution in [0.2, 0.25) is 0 Å². The predicted octanol–water partition coefficient (Wildman–Crippen LogP) is 4.53. The number of hydrogen-bond acceptors (Lipinski definition) is 2. The lowest BCUT2D eigenvalue weighted by molar-refractivity contribution is 0.356. The lowest BCUT2D eigenvalue weighted by Crippen LogP contribution is -2.15. The number of likely N-dealkylation sites (N-methyl/N-ethyl adjacent to an activating group) is 1. The number of benzene rings is 1. The number of para-hydroxylation sites is 1. The predicted molar refractivity (Wildman–Crippen MR) is 87.7 cm³/mol. The number of likely N-dealkylation sites (tertiary alicyclic amines) is 1. The van der Waals surface area contributed by atoms with Crippen molar-refractivity contribution >= 4 is 11.6 Å². The Hall–Kier alpha value is -1.25. The average molecular weight is 304 g/mol. The lowest BCUT2D eigenvalue weighted by atomic mass is 9.87. The fraction of sp³-hybridized carbons (Fsp3) is 0.444. The van der Waals surface area contributed by atoms with Crippen LogP contribution in [0.4, 0.5) is 0 Å². The van der Waals surface area contributed by atoms with Crippen LogP contribution in [-0.4, -0.2) is 25.0 Å². The Bertz CT molecular complexity index is 578. The van der Waals surface area contributed by atoms with Crippen molar-refractivity contribution in [1.29, 1.82) is 0 Å². The van der Waals surface area contributed by atoms with Gasteiger partial charge in [0.1, 0.15) is 11.5 Å². The zero-order chi connectivity index (χ0) is 14.8. The molecule has 0 aliphatic carbocycles. The molecule has 2 aliphatic rings. The second kappa shape index (κ2) is 6.25. The van der Waals surface area contributed by atoms with E-state index in [1.54, 1.807) is 0 Å². The molecule has 21 heavy (non-hydrogen) atoms. The van der Waals surface area contributed by atoms with Gasteiger partial charge in [-0.15, -0.1) is 0 Å². The molecule has 1 aromatic rings. The molecule has 2 aliphatic heterocycles. The van der Waals surface area contributed by atoms with Crippen molar-refractivity contribution in [2.24, 2.45) is 5.92 Å². The summed E-state index contributed by atoms with van der Waals surface area (Å²) in [6.45, 7) is 4.30. The zero-order valence-electron chi connectivity index (χ0n) is 12.7. The third-order valence-electron chi connectivity index (χ3n) is 4.43. The number of allylic oxidation sites excluding steroid dienone is 4. The Morgan fingerprint density at radius 3 is 3.00 bits per heavy atom. The van der Waals surface area contributed by atoms with Crippen molar-refractivity contribution in [3.63, 3.8) is 0 Å². The summed E-state index contributed by atoms with van der Waals surface area (Å²) in [7, 11) is 2.20. The smallest absolute Gasteiger partial charge is 0.130 e. The maximum atomic E-state index is 6.16. The van der Waals surface area contributed by atoms with Crippen molar-refractivity contribution < 1.29 is 4.74 Å². The highest BCUT2D eigenvalue weighted by Crippen LogP contribution is 2.43. The molecule has 3 heteroatoms. The number of hydrogen-bond donors (Lipinski definition) is 0. The summed E-state index contributed by atoms with van der Waals surface area (Å²) in [5, 5.41) is 0.865. The fourth-order valence-corrected chi connectivity index (χ4v) is 3.43. The quantitative estimate of drug-likeness (QED) is 0.796. The van der Waals surface area contributed by atoms with Crippen LogP contribution in [-0.2, 0) is 0 Å². The molecule has 0 spiro atoms. The Labute approximate surface area is 132 Å². The molecule has 1 fully saturated rings. The standard InChI is InChI=1S/C18H22ClNO/c1-3-14(19)8-9-15-10-13-11-20(2)12-17(13)16-6-4-5-7-18(16)21-15/h4-9,13,17H,3,10-12H2,1-2H3. The SMILES string of the molecule is CCC(Cl)=CC=C1CC2CN(C)CC2c2ccccc2O1. The zero-order valence-corrected chi connectivity index (χ0v) is 13.4. The number of fused-ring (bicyclic) bond motifs is 3. The van der Waals surface area contributed by atoms with Gasteiger partial charge in [-0.25, -0.2) is 0 Å². The first-order valence-electron chi connectivity index (χ1n) is 7.68. The van der Waals surface area contributed by atoms with E-state index >= 15 is 0 Å². The Morgan fingerprint density at radius 1 is 1.38 bits per heavy atom. The molecule has 112 valence electrons. The van der Waals surface area contributed by atoms with Crippen molar-refractivity contribution in [1.82, 2.24) is 4.90 Å². The van der Waals surface area contributed by atoms with E-state index in [-0.39, 0.29) is 0 Å². The van der Waals surface area contributed by atoms with Gasteiger partial charge >= 0.3 is 0 Å². The molecule has 0 radical (unpaired) electrons. The Morgan fingerprint density at radius 2 is 2.19 bits per heavy atom. The number of rotatable bonds is 2. The van der Waals surface area contributed by atoms with Gasteiger partial charge in [0, 0.05) is 30.5 Å². The molecule has 0 saturated carbocycles. The first kappa shape index (κ1) is 14.7. The molecule has 2 unspecified atom stereocenters. The summed E-state index contributed by atoms with van der Waals surface area (Å²) in [5.41, 5.74) is 1.35. The normalized spacial score (nSPS) is 28.0. The van der Waals surface area contributed by atoms with Gasteiger partial charge < -0.3 is 9.64 Å². The van der Waals surface area contributed by atoms with Crippen LogP contribution in [0.3, 0.4) is 0 Å². The number of ether oxygens (including phenoxy) is 1. The van der Waals surface area contributed by atoms with Crippen LogP contribution in [0.15, 0.2) is 47.2 Å². The van der Waals surface area contributed by atoms with Gasteiger partial charge in [-0.3, -0.25) is 0 Å². The van der Waals surface area contributed by atoms with Crippen LogP contribution < -0.4 is 4.74 Å². The molecule has 0 amide bonds. The van der Waals surface area contributed by atoms with Crippen molar-refractivity contribution in [2.75, 3.05) is 20.1 Å². The topological polar surface area (TPSA) is 12.5 Å². The van der Waals surface area contributed by atoms with Crippen molar-refractivity contribution in [3.8, 4) is 5.75 Å². The average Bonchev–Trinajstić information content (AvgIpc) is 2.78. The van der Waals surface area contributed by atoms with E-state index in [1.165, 1.54) is 5.56 Å². The maximum absolute atomic E-state index is 6.16. The summed E-state index contributed by atoms with van der Waals surface area (Å²) in [5.74, 6) is 3.23. The van der Waals surface area contributed by atoms with Crippen molar-refractivity contribution in [3.05, 3.63) is 52.8 Å². The van der Waals surface area contributed by atoms with E-state index in [9.17, 15) is 0 Å². The molecule has 2 heterocycles. The van der Waals surface area contributed by atoms with Crippen LogP contribution in [0, 0.1) is 5.92 Å². The Balaban J connectivity index is 1.95.